The maximum atomic E-state index is 13.0. The molecule has 0 aliphatic heterocycles. The number of carbonyl (C=O) groups is 2. The molecule has 0 aliphatic carbocycles. The van der Waals surface area contributed by atoms with Crippen LogP contribution in [-0.4, -0.2) is 36.7 Å². The molecule has 0 radical (unpaired) electrons. The van der Waals surface area contributed by atoms with E-state index in [2.05, 4.69) is 10.3 Å². The molecule has 0 saturated heterocycles. The lowest BCUT2D eigenvalue weighted by molar-refractivity contribution is 0.0510. The topological polar surface area (TPSA) is 77.5 Å². The van der Waals surface area contributed by atoms with E-state index in [0.717, 1.165) is 21.7 Å². The largest absolute Gasteiger partial charge is 0.462 e. The van der Waals surface area contributed by atoms with Gasteiger partial charge in [0.05, 0.1) is 23.4 Å². The van der Waals surface area contributed by atoms with Crippen LogP contribution in [0.2, 0.25) is 0 Å². The molecular weight excluding hydrogens is 411 g/mol. The van der Waals surface area contributed by atoms with Crippen molar-refractivity contribution in [2.24, 2.45) is 0 Å². The Labute approximate surface area is 184 Å². The van der Waals surface area contributed by atoms with Crippen molar-refractivity contribution in [2.45, 2.75) is 6.92 Å². The molecule has 0 spiro atoms. The number of aromatic nitrogens is 1. The monoisotopic (exact) mass is 432 g/mol. The van der Waals surface area contributed by atoms with Crippen molar-refractivity contribution in [3.8, 4) is 0 Å². The molecule has 32 heavy (non-hydrogen) atoms. The third-order valence-corrected chi connectivity index (χ3v) is 4.97. The van der Waals surface area contributed by atoms with E-state index >= 15 is 0 Å². The Hall–Kier alpha value is -4.00. The molecule has 0 saturated carbocycles. The summed E-state index contributed by atoms with van der Waals surface area (Å²) in [5.74, 6) is -1.46. The molecule has 162 valence electrons. The Morgan fingerprint density at radius 1 is 0.938 bits per heavy atom. The summed E-state index contributed by atoms with van der Waals surface area (Å²) in [6.07, 6.45) is 1.50. The number of hydrogen-bond acceptors (Lipinski definition) is 6. The summed E-state index contributed by atoms with van der Waals surface area (Å²) in [5.41, 5.74) is 1.89. The van der Waals surface area contributed by atoms with Crippen molar-refractivity contribution < 1.29 is 23.5 Å². The lowest BCUT2D eigenvalue weighted by Gasteiger charge is -2.15. The van der Waals surface area contributed by atoms with Gasteiger partial charge in [-0.05, 0) is 36.6 Å². The van der Waals surface area contributed by atoms with E-state index in [9.17, 15) is 14.0 Å². The first-order chi connectivity index (χ1) is 15.6. The van der Waals surface area contributed by atoms with Crippen LogP contribution in [0.25, 0.3) is 21.7 Å². The fraction of sp³-hybridized carbons (Fsp3) is 0.160. The van der Waals surface area contributed by atoms with Gasteiger partial charge in [0, 0.05) is 23.5 Å². The van der Waals surface area contributed by atoms with Crippen LogP contribution >= 0.6 is 0 Å². The zero-order valence-electron chi connectivity index (χ0n) is 17.4. The second kappa shape index (κ2) is 9.43. The minimum atomic E-state index is -0.553. The number of esters is 2. The summed E-state index contributed by atoms with van der Waals surface area (Å²) in [4.78, 5) is 29.2. The Bertz CT molecular complexity index is 1290. The summed E-state index contributed by atoms with van der Waals surface area (Å²) in [6.45, 7) is 2.28. The number of fused-ring (bicyclic) bond motifs is 3. The first-order valence-corrected chi connectivity index (χ1v) is 10.2. The number of benzene rings is 3. The zero-order chi connectivity index (χ0) is 22.5. The van der Waals surface area contributed by atoms with Crippen molar-refractivity contribution in [1.82, 2.24) is 4.98 Å². The number of pyridine rings is 1. The summed E-state index contributed by atoms with van der Waals surface area (Å²) >= 11 is 0. The van der Waals surface area contributed by atoms with E-state index in [1.54, 1.807) is 6.92 Å². The minimum absolute atomic E-state index is 0.0515. The number of halogens is 1. The number of nitrogens with one attached hydrogen (secondary N) is 1. The fourth-order valence-electron chi connectivity index (χ4n) is 3.48. The van der Waals surface area contributed by atoms with Gasteiger partial charge in [-0.25, -0.2) is 14.0 Å². The van der Waals surface area contributed by atoms with Gasteiger partial charge >= 0.3 is 11.9 Å². The molecule has 4 rings (SSSR count). The summed E-state index contributed by atoms with van der Waals surface area (Å²) < 4.78 is 23.5. The van der Waals surface area contributed by atoms with Crippen molar-refractivity contribution in [3.63, 3.8) is 0 Å². The molecule has 3 aromatic carbocycles. The Balaban J connectivity index is 1.58. The van der Waals surface area contributed by atoms with Gasteiger partial charge in [0.15, 0.2) is 0 Å². The smallest absolute Gasteiger partial charge is 0.341 e. The van der Waals surface area contributed by atoms with Crippen LogP contribution in [0.3, 0.4) is 0 Å². The van der Waals surface area contributed by atoms with Gasteiger partial charge in [-0.3, -0.25) is 4.98 Å². The third-order valence-electron chi connectivity index (χ3n) is 4.97. The van der Waals surface area contributed by atoms with Crippen LogP contribution < -0.4 is 5.32 Å². The second-order valence-electron chi connectivity index (χ2n) is 7.02. The number of carbonyl (C=O) groups excluding carboxylic acids is 2. The molecule has 0 bridgehead atoms. The van der Waals surface area contributed by atoms with Crippen LogP contribution in [0, 0.1) is 5.82 Å². The standard InChI is InChI=1S/C25H21FN2O4/c1-2-31-25(30)21-15-28-22-19-6-4-3-5-16(19)9-12-20(22)23(21)27-13-14-32-24(29)17-7-10-18(26)11-8-17/h3-12,15H,2,13-14H2,1H3,(H,27,28). The molecule has 1 N–H and O–H groups in total. The van der Waals surface area contributed by atoms with Crippen LogP contribution in [0.4, 0.5) is 10.1 Å². The van der Waals surface area contributed by atoms with Gasteiger partial charge in [-0.2, -0.15) is 0 Å². The van der Waals surface area contributed by atoms with E-state index in [4.69, 9.17) is 9.47 Å². The van der Waals surface area contributed by atoms with E-state index in [1.165, 1.54) is 30.5 Å². The molecule has 0 unspecified atom stereocenters. The number of ether oxygens (including phenoxy) is 2. The zero-order valence-corrected chi connectivity index (χ0v) is 17.4. The predicted octanol–water partition coefficient (Wildman–Crippen LogP) is 4.97. The number of anilines is 1. The van der Waals surface area contributed by atoms with Gasteiger partial charge in [-0.1, -0.05) is 36.4 Å². The van der Waals surface area contributed by atoms with E-state index in [1.807, 2.05) is 36.4 Å². The average Bonchev–Trinajstić information content (AvgIpc) is 2.81. The number of rotatable bonds is 7. The fourth-order valence-corrected chi connectivity index (χ4v) is 3.48. The molecule has 4 aromatic rings. The van der Waals surface area contributed by atoms with Gasteiger partial charge in [0.1, 0.15) is 18.0 Å². The average molecular weight is 432 g/mol. The molecule has 0 atom stereocenters. The highest BCUT2D eigenvalue weighted by Gasteiger charge is 2.18. The Morgan fingerprint density at radius 3 is 2.50 bits per heavy atom. The first-order valence-electron chi connectivity index (χ1n) is 10.2. The summed E-state index contributed by atoms with van der Waals surface area (Å²) in [5, 5.41) is 5.96. The van der Waals surface area contributed by atoms with Crippen molar-refractivity contribution >= 4 is 39.3 Å². The molecule has 1 aromatic heterocycles. The first kappa shape index (κ1) is 21.2. The minimum Gasteiger partial charge on any atom is -0.462 e. The maximum Gasteiger partial charge on any atom is 0.341 e. The second-order valence-corrected chi connectivity index (χ2v) is 7.02. The summed E-state index contributed by atoms with van der Waals surface area (Å²) in [7, 11) is 0. The highest BCUT2D eigenvalue weighted by molar-refractivity contribution is 6.13. The molecular formula is C25H21FN2O4. The Morgan fingerprint density at radius 2 is 1.72 bits per heavy atom. The highest BCUT2D eigenvalue weighted by atomic mass is 19.1. The molecule has 0 amide bonds. The maximum absolute atomic E-state index is 13.0. The van der Waals surface area contributed by atoms with Crippen LogP contribution in [0.5, 0.6) is 0 Å². The van der Waals surface area contributed by atoms with Crippen LogP contribution in [0.1, 0.15) is 27.6 Å². The lowest BCUT2D eigenvalue weighted by Crippen LogP contribution is -2.17. The van der Waals surface area contributed by atoms with E-state index in [-0.39, 0.29) is 25.3 Å². The SMILES string of the molecule is CCOC(=O)c1cnc2c(ccc3ccccc32)c1NCCOC(=O)c1ccc(F)cc1. The normalized spacial score (nSPS) is 10.8. The highest BCUT2D eigenvalue weighted by Crippen LogP contribution is 2.31. The van der Waals surface area contributed by atoms with Gasteiger partial charge in [0.25, 0.3) is 0 Å². The molecule has 1 heterocycles. The molecule has 0 fully saturated rings. The van der Waals surface area contributed by atoms with Gasteiger partial charge in [0.2, 0.25) is 0 Å². The van der Waals surface area contributed by atoms with Gasteiger partial charge < -0.3 is 14.8 Å². The Kier molecular flexibility index (Phi) is 6.26. The quantitative estimate of drug-likeness (QED) is 0.252. The molecule has 0 aliphatic rings. The lowest BCUT2D eigenvalue weighted by atomic mass is 10.0. The molecule has 7 heteroatoms. The molecule has 6 nitrogen and oxygen atoms in total. The van der Waals surface area contributed by atoms with Crippen LogP contribution in [0.15, 0.2) is 66.9 Å². The van der Waals surface area contributed by atoms with Crippen LogP contribution in [-0.2, 0) is 9.47 Å². The van der Waals surface area contributed by atoms with E-state index < -0.39 is 17.8 Å². The number of hydrogen-bond donors (Lipinski definition) is 1. The van der Waals surface area contributed by atoms with E-state index in [0.29, 0.717) is 11.3 Å². The van der Waals surface area contributed by atoms with Crippen molar-refractivity contribution in [2.75, 3.05) is 25.1 Å². The predicted molar refractivity (Wildman–Crippen MR) is 120 cm³/mol. The van der Waals surface area contributed by atoms with Crippen molar-refractivity contribution in [3.05, 3.63) is 83.8 Å². The van der Waals surface area contributed by atoms with Gasteiger partial charge in [-0.15, -0.1) is 0 Å². The number of nitrogens with zero attached hydrogens (tertiary/aromatic N) is 1. The third kappa shape index (κ3) is 4.37. The summed E-state index contributed by atoms with van der Waals surface area (Å²) in [6, 6.07) is 16.9. The van der Waals surface area contributed by atoms with Crippen molar-refractivity contribution in [1.29, 1.82) is 0 Å².